The summed E-state index contributed by atoms with van der Waals surface area (Å²) in [4.78, 5) is 12.1. The molecule has 0 spiro atoms. The molecule has 0 bridgehead atoms. The Kier molecular flexibility index (Phi) is 7.08. The summed E-state index contributed by atoms with van der Waals surface area (Å²) in [7, 11) is 3.18. The van der Waals surface area contributed by atoms with Gasteiger partial charge in [0.15, 0.2) is 11.5 Å². The van der Waals surface area contributed by atoms with Crippen LogP contribution in [0, 0.1) is 0 Å². The van der Waals surface area contributed by atoms with E-state index in [-0.39, 0.29) is 11.9 Å². The van der Waals surface area contributed by atoms with E-state index in [1.54, 1.807) is 26.4 Å². The van der Waals surface area contributed by atoms with Crippen LogP contribution in [0.4, 0.5) is 0 Å². The highest BCUT2D eigenvalue weighted by molar-refractivity contribution is 5.92. The summed E-state index contributed by atoms with van der Waals surface area (Å²) in [5.41, 5.74) is 2.16. The van der Waals surface area contributed by atoms with Crippen molar-refractivity contribution in [3.63, 3.8) is 0 Å². The Labute approximate surface area is 149 Å². The van der Waals surface area contributed by atoms with Gasteiger partial charge in [0.05, 0.1) is 14.2 Å². The van der Waals surface area contributed by atoms with Crippen molar-refractivity contribution >= 4 is 12.0 Å². The highest BCUT2D eigenvalue weighted by Gasteiger charge is 2.06. The topological polar surface area (TPSA) is 47.6 Å². The molecule has 2 rings (SSSR count). The number of nitrogens with one attached hydrogen (secondary N) is 1. The Morgan fingerprint density at radius 1 is 1.08 bits per heavy atom. The average molecular weight is 339 g/mol. The van der Waals surface area contributed by atoms with Crippen LogP contribution in [0.3, 0.4) is 0 Å². The van der Waals surface area contributed by atoms with Crippen LogP contribution in [-0.2, 0) is 11.2 Å². The molecule has 4 nitrogen and oxygen atoms in total. The third kappa shape index (κ3) is 5.99. The molecule has 0 fully saturated rings. The van der Waals surface area contributed by atoms with Crippen LogP contribution in [0.2, 0.25) is 0 Å². The first kappa shape index (κ1) is 18.6. The number of methoxy groups -OCH3 is 2. The fraction of sp³-hybridized carbons (Fsp3) is 0.286. The number of hydrogen-bond donors (Lipinski definition) is 1. The van der Waals surface area contributed by atoms with Gasteiger partial charge in [0.2, 0.25) is 5.91 Å². The zero-order chi connectivity index (χ0) is 18.1. The van der Waals surface area contributed by atoms with Gasteiger partial charge in [0.25, 0.3) is 0 Å². The Morgan fingerprint density at radius 2 is 1.80 bits per heavy atom. The zero-order valence-electron chi connectivity index (χ0n) is 15.0. The second kappa shape index (κ2) is 9.52. The molecule has 25 heavy (non-hydrogen) atoms. The maximum absolute atomic E-state index is 12.1. The lowest BCUT2D eigenvalue weighted by Crippen LogP contribution is -2.31. The van der Waals surface area contributed by atoms with Gasteiger partial charge in [-0.25, -0.2) is 0 Å². The summed E-state index contributed by atoms with van der Waals surface area (Å²) in [6.07, 6.45) is 5.16. The van der Waals surface area contributed by atoms with Gasteiger partial charge in [-0.05, 0) is 49.1 Å². The van der Waals surface area contributed by atoms with Crippen molar-refractivity contribution < 1.29 is 14.3 Å². The second-order valence-electron chi connectivity index (χ2n) is 5.88. The number of carbonyl (C=O) groups excluding carboxylic acids is 1. The number of aryl methyl sites for hydroxylation is 1. The van der Waals surface area contributed by atoms with Crippen molar-refractivity contribution in [1.29, 1.82) is 0 Å². The van der Waals surface area contributed by atoms with Crippen molar-refractivity contribution in [1.82, 2.24) is 5.32 Å². The molecule has 1 atom stereocenters. The fourth-order valence-electron chi connectivity index (χ4n) is 2.52. The van der Waals surface area contributed by atoms with E-state index in [1.807, 2.05) is 43.3 Å². The van der Waals surface area contributed by atoms with Gasteiger partial charge in [0, 0.05) is 12.1 Å². The summed E-state index contributed by atoms with van der Waals surface area (Å²) >= 11 is 0. The summed E-state index contributed by atoms with van der Waals surface area (Å²) in [5, 5.41) is 2.99. The lowest BCUT2D eigenvalue weighted by atomic mass is 10.1. The lowest BCUT2D eigenvalue weighted by Gasteiger charge is -2.12. The number of hydrogen-bond acceptors (Lipinski definition) is 3. The van der Waals surface area contributed by atoms with Crippen LogP contribution >= 0.6 is 0 Å². The van der Waals surface area contributed by atoms with Gasteiger partial charge >= 0.3 is 0 Å². The van der Waals surface area contributed by atoms with Crippen molar-refractivity contribution in [3.05, 3.63) is 65.7 Å². The molecule has 0 unspecified atom stereocenters. The average Bonchev–Trinajstić information content (AvgIpc) is 2.65. The lowest BCUT2D eigenvalue weighted by molar-refractivity contribution is -0.117. The van der Waals surface area contributed by atoms with Gasteiger partial charge in [-0.2, -0.15) is 0 Å². The predicted octanol–water partition coefficient (Wildman–Crippen LogP) is 3.85. The highest BCUT2D eigenvalue weighted by Crippen LogP contribution is 2.27. The number of ether oxygens (including phenoxy) is 2. The normalized spacial score (nSPS) is 12.0. The van der Waals surface area contributed by atoms with Crippen LogP contribution < -0.4 is 14.8 Å². The van der Waals surface area contributed by atoms with E-state index in [1.165, 1.54) is 5.56 Å². The maximum Gasteiger partial charge on any atom is 0.244 e. The van der Waals surface area contributed by atoms with E-state index in [4.69, 9.17) is 9.47 Å². The van der Waals surface area contributed by atoms with Crippen LogP contribution in [0.5, 0.6) is 11.5 Å². The second-order valence-corrected chi connectivity index (χ2v) is 5.88. The van der Waals surface area contributed by atoms with Gasteiger partial charge < -0.3 is 14.8 Å². The minimum absolute atomic E-state index is 0.102. The first-order valence-electron chi connectivity index (χ1n) is 8.37. The summed E-state index contributed by atoms with van der Waals surface area (Å²) in [6.45, 7) is 2.02. The van der Waals surface area contributed by atoms with E-state index in [9.17, 15) is 4.79 Å². The molecule has 0 heterocycles. The monoisotopic (exact) mass is 339 g/mol. The minimum Gasteiger partial charge on any atom is -0.493 e. The van der Waals surface area contributed by atoms with Gasteiger partial charge in [0.1, 0.15) is 0 Å². The molecule has 1 amide bonds. The van der Waals surface area contributed by atoms with Crippen molar-refractivity contribution in [2.75, 3.05) is 14.2 Å². The van der Waals surface area contributed by atoms with Crippen molar-refractivity contribution in [3.8, 4) is 11.5 Å². The molecule has 2 aromatic carbocycles. The maximum atomic E-state index is 12.1. The number of amides is 1. The molecule has 0 saturated heterocycles. The zero-order valence-corrected chi connectivity index (χ0v) is 15.0. The molecular weight excluding hydrogens is 314 g/mol. The van der Waals surface area contributed by atoms with Gasteiger partial charge in [-0.1, -0.05) is 36.4 Å². The fourth-order valence-corrected chi connectivity index (χ4v) is 2.52. The van der Waals surface area contributed by atoms with E-state index in [2.05, 4.69) is 17.4 Å². The van der Waals surface area contributed by atoms with Crippen LogP contribution in [0.15, 0.2) is 54.6 Å². The molecule has 132 valence electrons. The van der Waals surface area contributed by atoms with Crippen LogP contribution in [0.1, 0.15) is 24.5 Å². The summed E-state index contributed by atoms with van der Waals surface area (Å²) < 4.78 is 10.5. The Balaban J connectivity index is 1.85. The molecule has 4 heteroatoms. The molecule has 0 radical (unpaired) electrons. The van der Waals surface area contributed by atoms with E-state index in [0.29, 0.717) is 11.5 Å². The molecule has 1 N–H and O–H groups in total. The molecule has 0 aliphatic carbocycles. The Hall–Kier alpha value is -2.75. The summed E-state index contributed by atoms with van der Waals surface area (Å²) in [5.74, 6) is 1.20. The Morgan fingerprint density at radius 3 is 2.48 bits per heavy atom. The molecular formula is C21H25NO3. The first-order chi connectivity index (χ1) is 12.1. The van der Waals surface area contributed by atoms with Crippen LogP contribution in [-0.4, -0.2) is 26.2 Å². The van der Waals surface area contributed by atoms with Gasteiger partial charge in [-0.15, -0.1) is 0 Å². The van der Waals surface area contributed by atoms with Crippen molar-refractivity contribution in [2.24, 2.45) is 0 Å². The number of benzene rings is 2. The largest absolute Gasteiger partial charge is 0.493 e. The molecule has 0 aliphatic rings. The summed E-state index contributed by atoms with van der Waals surface area (Å²) in [6, 6.07) is 15.9. The molecule has 2 aromatic rings. The highest BCUT2D eigenvalue weighted by atomic mass is 16.5. The third-order valence-corrected chi connectivity index (χ3v) is 3.93. The van der Waals surface area contributed by atoms with E-state index < -0.39 is 0 Å². The van der Waals surface area contributed by atoms with E-state index >= 15 is 0 Å². The molecule has 0 saturated carbocycles. The van der Waals surface area contributed by atoms with Crippen molar-refractivity contribution in [2.45, 2.75) is 25.8 Å². The third-order valence-electron chi connectivity index (χ3n) is 3.93. The molecule has 0 aromatic heterocycles. The van der Waals surface area contributed by atoms with Gasteiger partial charge in [-0.3, -0.25) is 4.79 Å². The standard InChI is InChI=1S/C21H25NO3/c1-16(9-10-17-7-5-4-6-8-17)22-21(23)14-12-18-11-13-19(24-2)20(15-18)25-3/h4-8,11-16H,9-10H2,1-3H3,(H,22,23)/b14-12+/t16-/m1/s1. The van der Waals surface area contributed by atoms with Crippen LogP contribution in [0.25, 0.3) is 6.08 Å². The van der Waals surface area contributed by atoms with E-state index in [0.717, 1.165) is 18.4 Å². The smallest absolute Gasteiger partial charge is 0.244 e. The predicted molar refractivity (Wildman–Crippen MR) is 101 cm³/mol. The minimum atomic E-state index is -0.102. The first-order valence-corrected chi connectivity index (χ1v) is 8.37. The Bertz CT molecular complexity index is 710. The molecule has 0 aliphatic heterocycles. The SMILES string of the molecule is COc1ccc(/C=C/C(=O)N[C@H](C)CCc2ccccc2)cc1OC. The number of rotatable bonds is 8. The quantitative estimate of drug-likeness (QED) is 0.743. The number of carbonyl (C=O) groups is 1.